The zero-order valence-electron chi connectivity index (χ0n) is 12.3. The zero-order chi connectivity index (χ0) is 14.7. The Morgan fingerprint density at radius 1 is 1.20 bits per heavy atom. The molecule has 0 bridgehead atoms. The number of aryl methyl sites for hydroxylation is 2. The van der Waals surface area contributed by atoms with Gasteiger partial charge in [0.05, 0.1) is 5.56 Å². The lowest BCUT2D eigenvalue weighted by Gasteiger charge is -2.16. The van der Waals surface area contributed by atoms with Crippen LogP contribution in [0.25, 0.3) is 0 Å². The second kappa shape index (κ2) is 5.88. The van der Waals surface area contributed by atoms with E-state index >= 15 is 0 Å². The fourth-order valence-corrected chi connectivity index (χ4v) is 2.11. The van der Waals surface area contributed by atoms with E-state index in [4.69, 9.17) is 10.6 Å². The predicted octanol–water partition coefficient (Wildman–Crippen LogP) is 3.29. The fourth-order valence-electron chi connectivity index (χ4n) is 2.11. The van der Waals surface area contributed by atoms with Gasteiger partial charge in [0.2, 0.25) is 5.88 Å². The maximum atomic E-state index is 5.95. The molecule has 106 valence electrons. The molecule has 20 heavy (non-hydrogen) atoms. The third-order valence-electron chi connectivity index (χ3n) is 3.10. The molecule has 0 unspecified atom stereocenters. The van der Waals surface area contributed by atoms with E-state index in [0.29, 0.717) is 11.7 Å². The van der Waals surface area contributed by atoms with E-state index in [1.165, 1.54) is 11.9 Å². The second-order valence-electron chi connectivity index (χ2n) is 5.11. The van der Waals surface area contributed by atoms with Crippen molar-refractivity contribution in [1.82, 2.24) is 9.97 Å². The summed E-state index contributed by atoms with van der Waals surface area (Å²) in [5.41, 5.74) is 5.74. The number of nitrogens with zero attached hydrogens (tertiary/aromatic N) is 2. The van der Waals surface area contributed by atoms with Gasteiger partial charge in [-0.15, -0.1) is 0 Å². The minimum Gasteiger partial charge on any atom is -0.438 e. The number of anilines is 1. The molecule has 0 aliphatic heterocycles. The van der Waals surface area contributed by atoms with Crippen LogP contribution in [-0.4, -0.2) is 9.97 Å². The highest BCUT2D eigenvalue weighted by atomic mass is 16.5. The number of hydrogen-bond donors (Lipinski definition) is 2. The average molecular weight is 272 g/mol. The van der Waals surface area contributed by atoms with Crippen LogP contribution < -0.4 is 16.0 Å². The highest BCUT2D eigenvalue weighted by Crippen LogP contribution is 2.33. The van der Waals surface area contributed by atoms with E-state index in [1.807, 2.05) is 32.9 Å². The number of ether oxygens (including phenoxy) is 1. The van der Waals surface area contributed by atoms with Gasteiger partial charge in [0.1, 0.15) is 12.1 Å². The third-order valence-corrected chi connectivity index (χ3v) is 3.10. The second-order valence-corrected chi connectivity index (χ2v) is 5.11. The van der Waals surface area contributed by atoms with Crippen molar-refractivity contribution in [2.24, 2.45) is 5.84 Å². The molecule has 0 atom stereocenters. The van der Waals surface area contributed by atoms with Crippen LogP contribution in [0.15, 0.2) is 24.5 Å². The first kappa shape index (κ1) is 14.3. The Morgan fingerprint density at radius 3 is 2.55 bits per heavy atom. The summed E-state index contributed by atoms with van der Waals surface area (Å²) in [5.74, 6) is 7.62. The van der Waals surface area contributed by atoms with Crippen LogP contribution in [0, 0.1) is 13.8 Å². The van der Waals surface area contributed by atoms with E-state index < -0.39 is 0 Å². The first-order chi connectivity index (χ1) is 9.52. The SMILES string of the molecule is Cc1ccc(Oc2ncnc(NN)c2C(C)C)c(C)c1. The van der Waals surface area contributed by atoms with Gasteiger partial charge in [-0.05, 0) is 31.4 Å². The number of hydrazine groups is 1. The molecule has 3 N–H and O–H groups in total. The largest absolute Gasteiger partial charge is 0.438 e. The fraction of sp³-hybridized carbons (Fsp3) is 0.333. The summed E-state index contributed by atoms with van der Waals surface area (Å²) in [6, 6.07) is 6.04. The van der Waals surface area contributed by atoms with Gasteiger partial charge in [-0.25, -0.2) is 15.8 Å². The van der Waals surface area contributed by atoms with Crippen molar-refractivity contribution >= 4 is 5.82 Å². The number of nitrogen functional groups attached to an aromatic ring is 1. The van der Waals surface area contributed by atoms with Crippen LogP contribution in [-0.2, 0) is 0 Å². The number of nitrogens with one attached hydrogen (secondary N) is 1. The summed E-state index contributed by atoms with van der Waals surface area (Å²) < 4.78 is 5.95. The molecule has 0 aliphatic rings. The molecular formula is C15H20N4O. The standard InChI is InChI=1S/C15H20N4O/c1-9(2)13-14(19-16)17-8-18-15(13)20-12-6-5-10(3)7-11(12)4/h5-9H,16H2,1-4H3,(H,17,18,19). The Balaban J connectivity index is 2.43. The topological polar surface area (TPSA) is 73.1 Å². The molecule has 1 aromatic carbocycles. The predicted molar refractivity (Wildman–Crippen MR) is 79.9 cm³/mol. The maximum Gasteiger partial charge on any atom is 0.227 e. The third kappa shape index (κ3) is 2.88. The van der Waals surface area contributed by atoms with Crippen molar-refractivity contribution in [3.8, 4) is 11.6 Å². The molecule has 0 amide bonds. The lowest BCUT2D eigenvalue weighted by atomic mass is 10.1. The summed E-state index contributed by atoms with van der Waals surface area (Å²) in [4.78, 5) is 8.37. The van der Waals surface area contributed by atoms with Crippen LogP contribution in [0.5, 0.6) is 11.6 Å². The molecule has 1 aromatic heterocycles. The summed E-state index contributed by atoms with van der Waals surface area (Å²) in [5, 5.41) is 0. The number of rotatable bonds is 4. The molecule has 5 heteroatoms. The van der Waals surface area contributed by atoms with Crippen LogP contribution >= 0.6 is 0 Å². The van der Waals surface area contributed by atoms with Crippen LogP contribution in [0.3, 0.4) is 0 Å². The molecule has 2 aromatic rings. The van der Waals surface area contributed by atoms with Gasteiger partial charge in [-0.3, -0.25) is 0 Å². The molecule has 0 aliphatic carbocycles. The van der Waals surface area contributed by atoms with Gasteiger partial charge >= 0.3 is 0 Å². The van der Waals surface area contributed by atoms with E-state index in [1.54, 1.807) is 0 Å². The molecule has 1 heterocycles. The smallest absolute Gasteiger partial charge is 0.227 e. The van der Waals surface area contributed by atoms with Crippen LogP contribution in [0.1, 0.15) is 36.5 Å². The van der Waals surface area contributed by atoms with Crippen LogP contribution in [0.4, 0.5) is 5.82 Å². The highest BCUT2D eigenvalue weighted by Gasteiger charge is 2.16. The van der Waals surface area contributed by atoms with Gasteiger partial charge in [-0.2, -0.15) is 0 Å². The van der Waals surface area contributed by atoms with Gasteiger partial charge in [0, 0.05) is 0 Å². The quantitative estimate of drug-likeness (QED) is 0.660. The van der Waals surface area contributed by atoms with Crippen molar-refractivity contribution < 1.29 is 4.74 Å². The minimum absolute atomic E-state index is 0.197. The van der Waals surface area contributed by atoms with E-state index in [0.717, 1.165) is 16.9 Å². The zero-order valence-corrected chi connectivity index (χ0v) is 12.3. The van der Waals surface area contributed by atoms with Gasteiger partial charge < -0.3 is 10.2 Å². The number of hydrogen-bond acceptors (Lipinski definition) is 5. The average Bonchev–Trinajstić information content (AvgIpc) is 2.41. The highest BCUT2D eigenvalue weighted by molar-refractivity contribution is 5.51. The van der Waals surface area contributed by atoms with E-state index in [2.05, 4.69) is 28.4 Å². The van der Waals surface area contributed by atoms with Gasteiger partial charge in [0.25, 0.3) is 0 Å². The Hall–Kier alpha value is -2.14. The van der Waals surface area contributed by atoms with Gasteiger partial charge in [0.15, 0.2) is 5.82 Å². The Morgan fingerprint density at radius 2 is 1.95 bits per heavy atom. The molecule has 0 saturated carbocycles. The first-order valence-electron chi connectivity index (χ1n) is 6.59. The minimum atomic E-state index is 0.197. The number of aromatic nitrogens is 2. The number of benzene rings is 1. The molecular weight excluding hydrogens is 252 g/mol. The number of nitrogens with two attached hydrogens (primary N) is 1. The maximum absolute atomic E-state index is 5.95. The Labute approximate surface area is 119 Å². The summed E-state index contributed by atoms with van der Waals surface area (Å²) >= 11 is 0. The summed E-state index contributed by atoms with van der Waals surface area (Å²) in [6.45, 7) is 8.17. The van der Waals surface area contributed by atoms with Crippen LogP contribution in [0.2, 0.25) is 0 Å². The lowest BCUT2D eigenvalue weighted by Crippen LogP contribution is -2.13. The summed E-state index contributed by atoms with van der Waals surface area (Å²) in [7, 11) is 0. The molecule has 0 saturated heterocycles. The summed E-state index contributed by atoms with van der Waals surface area (Å²) in [6.07, 6.45) is 1.44. The van der Waals surface area contributed by atoms with Gasteiger partial charge in [-0.1, -0.05) is 31.5 Å². The molecule has 5 nitrogen and oxygen atoms in total. The van der Waals surface area contributed by atoms with Crippen molar-refractivity contribution in [1.29, 1.82) is 0 Å². The van der Waals surface area contributed by atoms with Crippen molar-refractivity contribution in [2.45, 2.75) is 33.6 Å². The molecule has 2 rings (SSSR count). The van der Waals surface area contributed by atoms with E-state index in [9.17, 15) is 0 Å². The Kier molecular flexibility index (Phi) is 4.20. The molecule has 0 radical (unpaired) electrons. The first-order valence-corrected chi connectivity index (χ1v) is 6.59. The van der Waals surface area contributed by atoms with Crippen molar-refractivity contribution in [2.75, 3.05) is 5.43 Å². The lowest BCUT2D eigenvalue weighted by molar-refractivity contribution is 0.448. The van der Waals surface area contributed by atoms with E-state index in [-0.39, 0.29) is 5.92 Å². The Bertz CT molecular complexity index is 611. The molecule has 0 spiro atoms. The monoisotopic (exact) mass is 272 g/mol. The van der Waals surface area contributed by atoms with Crippen molar-refractivity contribution in [3.63, 3.8) is 0 Å². The molecule has 0 fully saturated rings. The normalized spacial score (nSPS) is 10.7. The van der Waals surface area contributed by atoms with Crippen molar-refractivity contribution in [3.05, 3.63) is 41.2 Å².